The van der Waals surface area contributed by atoms with Crippen LogP contribution in [0.25, 0.3) is 33.4 Å². The number of hydrogen-bond donors (Lipinski definition) is 3. The first-order chi connectivity index (χ1) is 14.2. The second-order valence-corrected chi connectivity index (χ2v) is 6.95. The highest BCUT2D eigenvalue weighted by atomic mass is 19.1. The maximum atomic E-state index is 14.2. The molecule has 0 saturated heterocycles. The van der Waals surface area contributed by atoms with E-state index in [9.17, 15) is 28.6 Å². The third-order valence-corrected chi connectivity index (χ3v) is 4.91. The number of phenols is 1. The van der Waals surface area contributed by atoms with Crippen molar-refractivity contribution in [1.29, 1.82) is 0 Å². The molecule has 30 heavy (non-hydrogen) atoms. The fourth-order valence-electron chi connectivity index (χ4n) is 3.43. The van der Waals surface area contributed by atoms with Crippen LogP contribution in [0.1, 0.15) is 28.9 Å². The van der Waals surface area contributed by atoms with Gasteiger partial charge in [0, 0.05) is 34.7 Å². The molecule has 0 aromatic heterocycles. The monoisotopic (exact) mass is 411 g/mol. The van der Waals surface area contributed by atoms with Crippen LogP contribution in [-0.4, -0.2) is 16.2 Å². The van der Waals surface area contributed by atoms with Crippen molar-refractivity contribution in [3.63, 3.8) is 0 Å². The van der Waals surface area contributed by atoms with Gasteiger partial charge in [-0.3, -0.25) is 4.79 Å². The SMILES string of the molecule is CC(N)c1ccc(-c2c3cc(F)c(=O)cc-3oc3cc(O)c(F)cc23)c(C(=O)O)c1. The third kappa shape index (κ3) is 3.07. The Morgan fingerprint density at radius 1 is 1.07 bits per heavy atom. The second kappa shape index (κ2) is 6.93. The van der Waals surface area contributed by atoms with Crippen molar-refractivity contribution in [2.75, 3.05) is 0 Å². The normalized spacial score (nSPS) is 12.4. The zero-order valence-corrected chi connectivity index (χ0v) is 15.6. The van der Waals surface area contributed by atoms with Crippen molar-refractivity contribution in [2.45, 2.75) is 13.0 Å². The minimum Gasteiger partial charge on any atom is -0.505 e. The molecule has 0 fully saturated rings. The molecule has 1 aliphatic heterocycles. The number of aromatic hydroxyl groups is 1. The van der Waals surface area contributed by atoms with Crippen LogP contribution < -0.4 is 11.2 Å². The number of hydrogen-bond acceptors (Lipinski definition) is 5. The van der Waals surface area contributed by atoms with Crippen molar-refractivity contribution in [2.24, 2.45) is 5.73 Å². The van der Waals surface area contributed by atoms with E-state index >= 15 is 0 Å². The molecule has 0 radical (unpaired) electrons. The maximum absolute atomic E-state index is 14.2. The van der Waals surface area contributed by atoms with Gasteiger partial charge in [0.05, 0.1) is 5.56 Å². The quantitative estimate of drug-likeness (QED) is 0.434. The lowest BCUT2D eigenvalue weighted by Gasteiger charge is -2.18. The molecular formula is C22H15F2NO5. The van der Waals surface area contributed by atoms with Crippen molar-refractivity contribution < 1.29 is 28.2 Å². The molecule has 0 amide bonds. The van der Waals surface area contributed by atoms with Gasteiger partial charge in [0.25, 0.3) is 0 Å². The Kier molecular flexibility index (Phi) is 4.51. The molecule has 6 nitrogen and oxygen atoms in total. The van der Waals surface area contributed by atoms with Gasteiger partial charge in [0.15, 0.2) is 17.4 Å². The van der Waals surface area contributed by atoms with E-state index in [4.69, 9.17) is 10.2 Å². The lowest BCUT2D eigenvalue weighted by atomic mass is 9.89. The molecule has 2 aromatic carbocycles. The number of aromatic carboxylic acids is 1. The third-order valence-electron chi connectivity index (χ3n) is 4.91. The van der Waals surface area contributed by atoms with Crippen LogP contribution in [0, 0.1) is 11.6 Å². The Morgan fingerprint density at radius 3 is 2.47 bits per heavy atom. The highest BCUT2D eigenvalue weighted by Crippen LogP contribution is 2.43. The van der Waals surface area contributed by atoms with Gasteiger partial charge in [-0.15, -0.1) is 0 Å². The molecule has 0 saturated carbocycles. The summed E-state index contributed by atoms with van der Waals surface area (Å²) in [5, 5.41) is 19.6. The lowest BCUT2D eigenvalue weighted by Crippen LogP contribution is -2.09. The van der Waals surface area contributed by atoms with Crippen LogP contribution in [0.2, 0.25) is 0 Å². The molecule has 1 atom stereocenters. The minimum absolute atomic E-state index is 0.00461. The number of benzene rings is 3. The van der Waals surface area contributed by atoms with Crippen LogP contribution >= 0.6 is 0 Å². The van der Waals surface area contributed by atoms with Crippen molar-refractivity contribution in [1.82, 2.24) is 0 Å². The smallest absolute Gasteiger partial charge is 0.336 e. The predicted molar refractivity (Wildman–Crippen MR) is 106 cm³/mol. The number of nitrogens with two attached hydrogens (primary N) is 1. The van der Waals surface area contributed by atoms with E-state index in [1.807, 2.05) is 0 Å². The number of carboxylic acid groups (broad SMARTS) is 1. The topological polar surface area (TPSA) is 114 Å². The Bertz CT molecular complexity index is 1360. The van der Waals surface area contributed by atoms with Crippen molar-refractivity contribution in [3.05, 3.63) is 75.4 Å². The molecule has 4 rings (SSSR count). The Balaban J connectivity index is 2.21. The standard InChI is InChI=1S/C22H15F2NO5/c1-9(25)10-2-3-11(12(4-10)22(28)29)21-13-5-15(23)17(26)7-19(13)30-20-8-18(27)16(24)6-14(20)21/h2-9,26H,25H2,1H3,(H,28,29). The van der Waals surface area contributed by atoms with Crippen molar-refractivity contribution >= 4 is 16.9 Å². The number of rotatable bonds is 3. The van der Waals surface area contributed by atoms with Crippen LogP contribution in [-0.2, 0) is 0 Å². The van der Waals surface area contributed by atoms with Crippen LogP contribution in [0.5, 0.6) is 5.75 Å². The largest absolute Gasteiger partial charge is 0.505 e. The van der Waals surface area contributed by atoms with Crippen molar-refractivity contribution in [3.8, 4) is 28.2 Å². The van der Waals surface area contributed by atoms with Gasteiger partial charge in [0.1, 0.15) is 11.3 Å². The molecule has 4 N–H and O–H groups in total. The molecule has 8 heteroatoms. The molecule has 152 valence electrons. The molecule has 2 aliphatic rings. The first-order valence-electron chi connectivity index (χ1n) is 8.89. The molecule has 0 spiro atoms. The lowest BCUT2D eigenvalue weighted by molar-refractivity contribution is 0.0697. The van der Waals surface area contributed by atoms with Gasteiger partial charge >= 0.3 is 5.97 Å². The summed E-state index contributed by atoms with van der Waals surface area (Å²) in [7, 11) is 0. The number of halogens is 2. The van der Waals surface area contributed by atoms with Gasteiger partial charge in [-0.1, -0.05) is 12.1 Å². The van der Waals surface area contributed by atoms with Gasteiger partial charge in [0.2, 0.25) is 5.43 Å². The van der Waals surface area contributed by atoms with Crippen LogP contribution in [0.3, 0.4) is 0 Å². The first-order valence-corrected chi connectivity index (χ1v) is 8.89. The number of phenolic OH excluding ortho intramolecular Hbond substituents is 1. The summed E-state index contributed by atoms with van der Waals surface area (Å²) in [6.45, 7) is 1.69. The molecular weight excluding hydrogens is 396 g/mol. The summed E-state index contributed by atoms with van der Waals surface area (Å²) in [5.74, 6) is -4.03. The average molecular weight is 411 g/mol. The Labute approximate surface area is 168 Å². The summed E-state index contributed by atoms with van der Waals surface area (Å²) in [6.07, 6.45) is 0. The summed E-state index contributed by atoms with van der Waals surface area (Å²) in [5.41, 5.74) is 5.73. The molecule has 1 aliphatic carbocycles. The molecule has 0 bridgehead atoms. The summed E-state index contributed by atoms with van der Waals surface area (Å²) < 4.78 is 33.9. The molecule has 1 unspecified atom stereocenters. The predicted octanol–water partition coefficient (Wildman–Crippen LogP) is 4.27. The maximum Gasteiger partial charge on any atom is 0.336 e. The fraction of sp³-hybridized carbons (Fsp3) is 0.0909. The van der Waals surface area contributed by atoms with Crippen LogP contribution in [0.15, 0.2) is 51.7 Å². The van der Waals surface area contributed by atoms with Gasteiger partial charge in [-0.2, -0.15) is 0 Å². The first kappa shape index (κ1) is 19.5. The highest BCUT2D eigenvalue weighted by Gasteiger charge is 2.24. The molecule has 2 aromatic rings. The average Bonchev–Trinajstić information content (AvgIpc) is 2.68. The van der Waals surface area contributed by atoms with E-state index in [1.54, 1.807) is 13.0 Å². The van der Waals surface area contributed by atoms with Gasteiger partial charge < -0.3 is 20.4 Å². The van der Waals surface area contributed by atoms with E-state index in [2.05, 4.69) is 0 Å². The Hall–Kier alpha value is -3.78. The summed E-state index contributed by atoms with van der Waals surface area (Å²) in [4.78, 5) is 23.8. The van der Waals surface area contributed by atoms with Crippen LogP contribution in [0.4, 0.5) is 8.78 Å². The fourth-order valence-corrected chi connectivity index (χ4v) is 3.43. The summed E-state index contributed by atoms with van der Waals surface area (Å²) >= 11 is 0. The van der Waals surface area contributed by atoms with E-state index in [1.165, 1.54) is 12.1 Å². The van der Waals surface area contributed by atoms with Gasteiger partial charge in [-0.05, 0) is 36.2 Å². The van der Waals surface area contributed by atoms with E-state index < -0.39 is 34.8 Å². The van der Waals surface area contributed by atoms with Gasteiger partial charge in [-0.25, -0.2) is 13.6 Å². The number of carbonyl (C=O) groups is 1. The van der Waals surface area contributed by atoms with E-state index in [-0.39, 0.29) is 39.0 Å². The highest BCUT2D eigenvalue weighted by molar-refractivity contribution is 6.07. The summed E-state index contributed by atoms with van der Waals surface area (Å²) in [6, 6.07) is 7.88. The zero-order chi connectivity index (χ0) is 21.7. The van der Waals surface area contributed by atoms with E-state index in [0.717, 1.165) is 24.3 Å². The molecule has 1 heterocycles. The Morgan fingerprint density at radius 2 is 1.80 bits per heavy atom. The second-order valence-electron chi connectivity index (χ2n) is 6.95. The zero-order valence-electron chi connectivity index (χ0n) is 15.6. The minimum atomic E-state index is -1.27. The number of fused-ring (bicyclic) bond motifs is 2. The number of carboxylic acids is 1. The van der Waals surface area contributed by atoms with E-state index in [0.29, 0.717) is 5.56 Å².